The topological polar surface area (TPSA) is 82.7 Å². The fourth-order valence-electron chi connectivity index (χ4n) is 2.60. The first kappa shape index (κ1) is 13.8. The second-order valence-corrected chi connectivity index (χ2v) is 5.15. The van der Waals surface area contributed by atoms with Crippen molar-refractivity contribution in [2.24, 2.45) is 0 Å². The van der Waals surface area contributed by atoms with E-state index in [9.17, 15) is 4.79 Å². The minimum absolute atomic E-state index is 0.00337. The highest BCUT2D eigenvalue weighted by atomic mass is 16.2. The fraction of sp³-hybridized carbons (Fsp3) is 0.400. The Bertz CT molecular complexity index is 636. The number of H-pyrrole nitrogens is 1. The summed E-state index contributed by atoms with van der Waals surface area (Å²) in [6, 6.07) is 3.74. The molecule has 3 N–H and O–H groups in total. The fourth-order valence-corrected chi connectivity index (χ4v) is 2.60. The molecule has 0 saturated heterocycles. The van der Waals surface area contributed by atoms with E-state index >= 15 is 0 Å². The van der Waals surface area contributed by atoms with Gasteiger partial charge < -0.3 is 10.3 Å². The van der Waals surface area contributed by atoms with Crippen LogP contribution in [0.15, 0.2) is 24.7 Å². The number of amides is 1. The molecule has 0 aliphatic carbocycles. The van der Waals surface area contributed by atoms with Gasteiger partial charge in [0.15, 0.2) is 0 Å². The molecular weight excluding hydrogens is 266 g/mol. The minimum atomic E-state index is -0.227. The number of rotatable bonds is 4. The number of nitrogens with zero attached hydrogens (tertiary/aromatic N) is 2. The van der Waals surface area contributed by atoms with Gasteiger partial charge in [0.25, 0.3) is 0 Å². The van der Waals surface area contributed by atoms with Crippen LogP contribution in [0, 0.1) is 0 Å². The molecule has 0 spiro atoms. The molecule has 0 radical (unpaired) electrons. The Hall–Kier alpha value is -2.21. The molecule has 0 bridgehead atoms. The second-order valence-electron chi connectivity index (χ2n) is 5.15. The van der Waals surface area contributed by atoms with Crippen LogP contribution in [0.1, 0.15) is 29.6 Å². The lowest BCUT2D eigenvalue weighted by Crippen LogP contribution is -2.47. The molecule has 1 atom stereocenters. The number of aryl methyl sites for hydroxylation is 1. The first-order chi connectivity index (χ1) is 10.3. The van der Waals surface area contributed by atoms with Crippen LogP contribution >= 0.6 is 0 Å². The van der Waals surface area contributed by atoms with Gasteiger partial charge in [0.1, 0.15) is 0 Å². The van der Waals surface area contributed by atoms with Gasteiger partial charge in [0.05, 0.1) is 36.0 Å². The van der Waals surface area contributed by atoms with Crippen molar-refractivity contribution < 1.29 is 4.79 Å². The Morgan fingerprint density at radius 3 is 3.24 bits per heavy atom. The third kappa shape index (κ3) is 2.95. The summed E-state index contributed by atoms with van der Waals surface area (Å²) < 4.78 is 0. The van der Waals surface area contributed by atoms with E-state index in [-0.39, 0.29) is 11.9 Å². The lowest BCUT2D eigenvalue weighted by Gasteiger charge is -2.22. The quantitative estimate of drug-likeness (QED) is 0.772. The second kappa shape index (κ2) is 6.05. The van der Waals surface area contributed by atoms with Gasteiger partial charge in [-0.3, -0.25) is 15.1 Å². The molecule has 6 heteroatoms. The average molecular weight is 285 g/mol. The summed E-state index contributed by atoms with van der Waals surface area (Å²) in [6.07, 6.45) is 4.97. The molecule has 21 heavy (non-hydrogen) atoms. The standard InChI is InChI=1S/C15H19N5O/c1-2-10-4-3-5-16-13(10)7-18-15(21)12-6-11-14(8-17-12)20-9-19-11/h3-5,9,12,17H,2,6-8H2,1H3,(H,18,21)(H,19,20). The van der Waals surface area contributed by atoms with Gasteiger partial charge in [0.2, 0.25) is 5.91 Å². The number of carbonyl (C=O) groups excluding carboxylic acids is 1. The van der Waals surface area contributed by atoms with Crippen molar-refractivity contribution in [3.8, 4) is 0 Å². The molecule has 1 aliphatic rings. The zero-order chi connectivity index (χ0) is 14.7. The summed E-state index contributed by atoms with van der Waals surface area (Å²) in [6.45, 7) is 3.20. The molecule has 1 aliphatic heterocycles. The van der Waals surface area contributed by atoms with E-state index in [1.165, 1.54) is 5.56 Å². The maximum absolute atomic E-state index is 12.3. The minimum Gasteiger partial charge on any atom is -0.349 e. The van der Waals surface area contributed by atoms with E-state index in [0.717, 1.165) is 23.5 Å². The van der Waals surface area contributed by atoms with Gasteiger partial charge >= 0.3 is 0 Å². The Balaban J connectivity index is 1.60. The Morgan fingerprint density at radius 2 is 2.38 bits per heavy atom. The van der Waals surface area contributed by atoms with Gasteiger partial charge in [-0.1, -0.05) is 13.0 Å². The predicted octanol–water partition coefficient (Wildman–Crippen LogP) is 0.698. The maximum Gasteiger partial charge on any atom is 0.237 e. The highest BCUT2D eigenvalue weighted by Gasteiger charge is 2.25. The molecule has 6 nitrogen and oxygen atoms in total. The van der Waals surface area contributed by atoms with E-state index in [4.69, 9.17) is 0 Å². The van der Waals surface area contributed by atoms with Crippen molar-refractivity contribution in [3.05, 3.63) is 47.3 Å². The highest BCUT2D eigenvalue weighted by Crippen LogP contribution is 2.12. The first-order valence-electron chi connectivity index (χ1n) is 7.23. The van der Waals surface area contributed by atoms with Crippen LogP contribution in [-0.4, -0.2) is 26.9 Å². The molecule has 0 saturated carbocycles. The Morgan fingerprint density at radius 1 is 1.48 bits per heavy atom. The lowest BCUT2D eigenvalue weighted by atomic mass is 10.0. The monoisotopic (exact) mass is 285 g/mol. The third-order valence-corrected chi connectivity index (χ3v) is 3.84. The largest absolute Gasteiger partial charge is 0.349 e. The predicted molar refractivity (Wildman–Crippen MR) is 78.4 cm³/mol. The van der Waals surface area contributed by atoms with Crippen LogP contribution in [0.4, 0.5) is 0 Å². The van der Waals surface area contributed by atoms with Gasteiger partial charge in [-0.05, 0) is 18.1 Å². The van der Waals surface area contributed by atoms with Crippen molar-refractivity contribution in [1.29, 1.82) is 0 Å². The number of aromatic nitrogens is 3. The van der Waals surface area contributed by atoms with E-state index < -0.39 is 0 Å². The van der Waals surface area contributed by atoms with Gasteiger partial charge in [0, 0.05) is 19.2 Å². The van der Waals surface area contributed by atoms with Crippen LogP contribution < -0.4 is 10.6 Å². The van der Waals surface area contributed by atoms with E-state index in [2.05, 4.69) is 32.5 Å². The van der Waals surface area contributed by atoms with Gasteiger partial charge in [-0.25, -0.2) is 4.98 Å². The van der Waals surface area contributed by atoms with Gasteiger partial charge in [-0.15, -0.1) is 0 Å². The SMILES string of the molecule is CCc1cccnc1CNC(=O)C1Cc2nc[nH]c2CN1. The zero-order valence-corrected chi connectivity index (χ0v) is 12.0. The van der Waals surface area contributed by atoms with Crippen LogP contribution in [0.5, 0.6) is 0 Å². The van der Waals surface area contributed by atoms with Crippen molar-refractivity contribution in [1.82, 2.24) is 25.6 Å². The van der Waals surface area contributed by atoms with Crippen LogP contribution in [0.3, 0.4) is 0 Å². The highest BCUT2D eigenvalue weighted by molar-refractivity contribution is 5.82. The van der Waals surface area contributed by atoms with Crippen molar-refractivity contribution in [2.45, 2.75) is 38.9 Å². The number of fused-ring (bicyclic) bond motifs is 1. The molecule has 110 valence electrons. The van der Waals surface area contributed by atoms with Crippen LogP contribution in [0.25, 0.3) is 0 Å². The van der Waals surface area contributed by atoms with E-state index in [0.29, 0.717) is 19.5 Å². The number of hydrogen-bond acceptors (Lipinski definition) is 4. The van der Waals surface area contributed by atoms with E-state index in [1.54, 1.807) is 12.5 Å². The first-order valence-corrected chi connectivity index (χ1v) is 7.23. The number of aromatic amines is 1. The van der Waals surface area contributed by atoms with Crippen molar-refractivity contribution >= 4 is 5.91 Å². The average Bonchev–Trinajstić information content (AvgIpc) is 3.00. The molecule has 3 rings (SSSR count). The Kier molecular flexibility index (Phi) is 3.96. The smallest absolute Gasteiger partial charge is 0.237 e. The normalized spacial score (nSPS) is 17.3. The number of carbonyl (C=O) groups is 1. The third-order valence-electron chi connectivity index (χ3n) is 3.84. The summed E-state index contributed by atoms with van der Waals surface area (Å²) in [4.78, 5) is 23.9. The summed E-state index contributed by atoms with van der Waals surface area (Å²) >= 11 is 0. The van der Waals surface area contributed by atoms with Crippen molar-refractivity contribution in [2.75, 3.05) is 0 Å². The molecular formula is C15H19N5O. The van der Waals surface area contributed by atoms with Crippen LogP contribution in [-0.2, 0) is 30.7 Å². The summed E-state index contributed by atoms with van der Waals surface area (Å²) in [5, 5.41) is 6.19. The summed E-state index contributed by atoms with van der Waals surface area (Å²) in [5.41, 5.74) is 4.15. The van der Waals surface area contributed by atoms with Crippen LogP contribution in [0.2, 0.25) is 0 Å². The maximum atomic E-state index is 12.3. The zero-order valence-electron chi connectivity index (χ0n) is 12.0. The molecule has 1 unspecified atom stereocenters. The summed E-state index contributed by atoms with van der Waals surface area (Å²) in [7, 11) is 0. The number of imidazole rings is 1. The Labute approximate surface area is 123 Å². The summed E-state index contributed by atoms with van der Waals surface area (Å²) in [5.74, 6) is -0.00337. The molecule has 3 heterocycles. The van der Waals surface area contributed by atoms with Gasteiger partial charge in [-0.2, -0.15) is 0 Å². The number of nitrogens with one attached hydrogen (secondary N) is 3. The lowest BCUT2D eigenvalue weighted by molar-refractivity contribution is -0.123. The number of pyridine rings is 1. The number of hydrogen-bond donors (Lipinski definition) is 3. The van der Waals surface area contributed by atoms with E-state index in [1.807, 2.05) is 12.1 Å². The molecule has 0 aromatic carbocycles. The molecule has 2 aromatic heterocycles. The molecule has 1 amide bonds. The molecule has 0 fully saturated rings. The van der Waals surface area contributed by atoms with Crippen molar-refractivity contribution in [3.63, 3.8) is 0 Å². The molecule has 2 aromatic rings.